The zero-order valence-corrected chi connectivity index (χ0v) is 18.4. The lowest BCUT2D eigenvalue weighted by Crippen LogP contribution is -2.28. The first-order valence-electron chi connectivity index (χ1n) is 9.41. The Morgan fingerprint density at radius 3 is 2.63 bits per heavy atom. The number of aryl methyl sites for hydroxylation is 2. The SMILES string of the molecule is Cc1ccc(N2C[C@H](C(=O)Nc3nc4ccc(S(C)(=O)=O)cc4s3)CC2=O)cc1C. The van der Waals surface area contributed by atoms with E-state index in [4.69, 9.17) is 0 Å². The molecule has 7 nitrogen and oxygen atoms in total. The maximum atomic E-state index is 12.7. The second-order valence-corrected chi connectivity index (χ2v) is 10.6. The van der Waals surface area contributed by atoms with Gasteiger partial charge in [0.25, 0.3) is 0 Å². The van der Waals surface area contributed by atoms with Crippen LogP contribution >= 0.6 is 11.3 Å². The second-order valence-electron chi connectivity index (χ2n) is 7.58. The van der Waals surface area contributed by atoms with Crippen LogP contribution < -0.4 is 10.2 Å². The van der Waals surface area contributed by atoms with Gasteiger partial charge in [0.05, 0.1) is 21.0 Å². The molecule has 0 aliphatic carbocycles. The van der Waals surface area contributed by atoms with Crippen LogP contribution in [-0.2, 0) is 19.4 Å². The molecule has 0 bridgehead atoms. The minimum absolute atomic E-state index is 0.0829. The van der Waals surface area contributed by atoms with Gasteiger partial charge in [0.2, 0.25) is 11.8 Å². The molecule has 0 radical (unpaired) electrons. The van der Waals surface area contributed by atoms with Gasteiger partial charge in [0, 0.05) is 24.9 Å². The van der Waals surface area contributed by atoms with Crippen LogP contribution in [0.3, 0.4) is 0 Å². The number of nitrogens with one attached hydrogen (secondary N) is 1. The molecule has 3 aromatic rings. The van der Waals surface area contributed by atoms with Gasteiger partial charge in [-0.15, -0.1) is 0 Å². The molecular weight excluding hydrogens is 422 g/mol. The summed E-state index contributed by atoms with van der Waals surface area (Å²) >= 11 is 1.21. The molecule has 1 saturated heterocycles. The predicted octanol–water partition coefficient (Wildman–Crippen LogP) is 3.31. The number of aromatic nitrogens is 1. The smallest absolute Gasteiger partial charge is 0.231 e. The maximum Gasteiger partial charge on any atom is 0.231 e. The summed E-state index contributed by atoms with van der Waals surface area (Å²) in [7, 11) is -3.32. The molecule has 1 N–H and O–H groups in total. The fraction of sp³-hybridized carbons (Fsp3) is 0.286. The summed E-state index contributed by atoms with van der Waals surface area (Å²) in [5.74, 6) is -0.824. The van der Waals surface area contributed by atoms with E-state index in [1.807, 2.05) is 32.0 Å². The van der Waals surface area contributed by atoms with Crippen LogP contribution in [0.4, 0.5) is 10.8 Å². The van der Waals surface area contributed by atoms with Crippen LogP contribution in [0.2, 0.25) is 0 Å². The van der Waals surface area contributed by atoms with E-state index in [-0.39, 0.29) is 23.1 Å². The van der Waals surface area contributed by atoms with Gasteiger partial charge < -0.3 is 10.2 Å². The third-order valence-electron chi connectivity index (χ3n) is 5.32. The molecule has 1 aliphatic heterocycles. The molecule has 0 unspecified atom stereocenters. The van der Waals surface area contributed by atoms with Crippen molar-refractivity contribution in [3.8, 4) is 0 Å². The highest BCUT2D eigenvalue weighted by atomic mass is 32.2. The number of carbonyl (C=O) groups excluding carboxylic acids is 2. The number of benzene rings is 2. The lowest BCUT2D eigenvalue weighted by molar-refractivity contribution is -0.122. The molecule has 2 heterocycles. The highest BCUT2D eigenvalue weighted by Gasteiger charge is 2.35. The minimum atomic E-state index is -3.32. The van der Waals surface area contributed by atoms with Gasteiger partial charge in [0.1, 0.15) is 0 Å². The zero-order valence-electron chi connectivity index (χ0n) is 16.8. The van der Waals surface area contributed by atoms with E-state index in [1.54, 1.807) is 17.0 Å². The summed E-state index contributed by atoms with van der Waals surface area (Å²) in [6, 6.07) is 10.5. The Balaban J connectivity index is 1.50. The summed E-state index contributed by atoms with van der Waals surface area (Å²) in [6.45, 7) is 4.32. The summed E-state index contributed by atoms with van der Waals surface area (Å²) in [6.07, 6.45) is 1.29. The summed E-state index contributed by atoms with van der Waals surface area (Å²) in [4.78, 5) is 31.4. The average Bonchev–Trinajstić information content (AvgIpc) is 3.25. The van der Waals surface area contributed by atoms with Crippen molar-refractivity contribution >= 4 is 54.0 Å². The van der Waals surface area contributed by atoms with Crippen LogP contribution in [0.5, 0.6) is 0 Å². The topological polar surface area (TPSA) is 96.4 Å². The van der Waals surface area contributed by atoms with Crippen LogP contribution in [0.25, 0.3) is 10.2 Å². The first-order chi connectivity index (χ1) is 14.1. The molecular formula is C21H21N3O4S2. The normalized spacial score (nSPS) is 17.0. The lowest BCUT2D eigenvalue weighted by atomic mass is 10.1. The van der Waals surface area contributed by atoms with Gasteiger partial charge in [-0.1, -0.05) is 17.4 Å². The molecule has 1 aliphatic rings. The van der Waals surface area contributed by atoms with E-state index in [9.17, 15) is 18.0 Å². The number of nitrogens with zero attached hydrogens (tertiary/aromatic N) is 2. The third-order valence-corrected chi connectivity index (χ3v) is 7.36. The Bertz CT molecular complexity index is 1280. The standard InChI is InChI=1S/C21H21N3O4S2/c1-12-4-5-15(8-13(12)2)24-11-14(9-19(24)25)20(26)23-21-22-17-7-6-16(30(3,27)28)10-18(17)29-21/h4-8,10,14H,9,11H2,1-3H3,(H,22,23,26)/t14-/m1/s1. The van der Waals surface area contributed by atoms with Gasteiger partial charge in [-0.05, 0) is 55.3 Å². The number of carbonyl (C=O) groups is 2. The van der Waals surface area contributed by atoms with E-state index in [1.165, 1.54) is 17.4 Å². The maximum absolute atomic E-state index is 12.7. The van der Waals surface area contributed by atoms with Gasteiger partial charge in [-0.25, -0.2) is 13.4 Å². The van der Waals surface area contributed by atoms with Gasteiger partial charge in [0.15, 0.2) is 15.0 Å². The Hall–Kier alpha value is -2.78. The minimum Gasteiger partial charge on any atom is -0.312 e. The molecule has 9 heteroatoms. The van der Waals surface area contributed by atoms with Gasteiger partial charge >= 0.3 is 0 Å². The van der Waals surface area contributed by atoms with Crippen LogP contribution in [0, 0.1) is 19.8 Å². The van der Waals surface area contributed by atoms with E-state index >= 15 is 0 Å². The fourth-order valence-electron chi connectivity index (χ4n) is 3.42. The monoisotopic (exact) mass is 443 g/mol. The Morgan fingerprint density at radius 1 is 1.17 bits per heavy atom. The van der Waals surface area contributed by atoms with E-state index in [2.05, 4.69) is 10.3 Å². The van der Waals surface area contributed by atoms with Crippen molar-refractivity contribution < 1.29 is 18.0 Å². The Kier molecular flexibility index (Phi) is 5.11. The van der Waals surface area contributed by atoms with Gasteiger partial charge in [-0.2, -0.15) is 0 Å². The highest BCUT2D eigenvalue weighted by molar-refractivity contribution is 7.90. The van der Waals surface area contributed by atoms with Crippen molar-refractivity contribution in [1.82, 2.24) is 4.98 Å². The van der Waals surface area contributed by atoms with Crippen molar-refractivity contribution in [3.63, 3.8) is 0 Å². The van der Waals surface area contributed by atoms with Crippen molar-refractivity contribution in [2.75, 3.05) is 23.0 Å². The first kappa shape index (κ1) is 20.5. The molecule has 2 amide bonds. The molecule has 0 saturated carbocycles. The quantitative estimate of drug-likeness (QED) is 0.667. The van der Waals surface area contributed by atoms with Crippen molar-refractivity contribution in [2.45, 2.75) is 25.2 Å². The summed E-state index contributed by atoms with van der Waals surface area (Å²) in [5.41, 5.74) is 3.65. The molecule has 2 aromatic carbocycles. The van der Waals surface area contributed by atoms with Crippen molar-refractivity contribution in [1.29, 1.82) is 0 Å². The predicted molar refractivity (Wildman–Crippen MR) is 118 cm³/mol. The number of hydrogen-bond acceptors (Lipinski definition) is 6. The van der Waals surface area contributed by atoms with Crippen LogP contribution in [0.15, 0.2) is 41.3 Å². The van der Waals surface area contributed by atoms with E-state index in [0.29, 0.717) is 21.9 Å². The fourth-order valence-corrected chi connectivity index (χ4v) is 5.05. The number of sulfone groups is 1. The van der Waals surface area contributed by atoms with Crippen molar-refractivity contribution in [2.24, 2.45) is 5.92 Å². The van der Waals surface area contributed by atoms with Crippen molar-refractivity contribution in [3.05, 3.63) is 47.5 Å². The molecule has 0 spiro atoms. The third kappa shape index (κ3) is 3.95. The number of fused-ring (bicyclic) bond motifs is 1. The molecule has 1 aromatic heterocycles. The largest absolute Gasteiger partial charge is 0.312 e. The summed E-state index contributed by atoms with van der Waals surface area (Å²) in [5, 5.41) is 3.17. The molecule has 1 atom stereocenters. The van der Waals surface area contributed by atoms with E-state index in [0.717, 1.165) is 23.1 Å². The second kappa shape index (κ2) is 7.48. The number of anilines is 2. The lowest BCUT2D eigenvalue weighted by Gasteiger charge is -2.17. The Labute approximate surface area is 178 Å². The molecule has 156 valence electrons. The Morgan fingerprint density at radius 2 is 1.93 bits per heavy atom. The number of amides is 2. The zero-order chi connectivity index (χ0) is 21.6. The number of hydrogen-bond donors (Lipinski definition) is 1. The van der Waals surface area contributed by atoms with Crippen LogP contribution in [0.1, 0.15) is 17.5 Å². The number of rotatable bonds is 4. The van der Waals surface area contributed by atoms with Gasteiger partial charge in [-0.3, -0.25) is 9.59 Å². The highest BCUT2D eigenvalue weighted by Crippen LogP contribution is 2.31. The summed E-state index contributed by atoms with van der Waals surface area (Å²) < 4.78 is 24.1. The molecule has 4 rings (SSSR count). The molecule has 30 heavy (non-hydrogen) atoms. The number of thiazole rings is 1. The first-order valence-corrected chi connectivity index (χ1v) is 12.1. The average molecular weight is 444 g/mol. The van der Waals surface area contributed by atoms with E-state index < -0.39 is 15.8 Å². The van der Waals surface area contributed by atoms with Crippen LogP contribution in [-0.4, -0.2) is 38.0 Å². The molecule has 1 fully saturated rings.